The topological polar surface area (TPSA) is 67.3 Å². The number of anilines is 1. The van der Waals surface area contributed by atoms with Gasteiger partial charge in [-0.05, 0) is 44.0 Å². The lowest BCUT2D eigenvalue weighted by Gasteiger charge is -2.34. The predicted octanol–water partition coefficient (Wildman–Crippen LogP) is 3.54. The van der Waals surface area contributed by atoms with Crippen LogP contribution in [-0.2, 0) is 11.3 Å². The highest BCUT2D eigenvalue weighted by atomic mass is 32.1. The molecule has 0 spiro atoms. The summed E-state index contributed by atoms with van der Waals surface area (Å²) in [7, 11) is 1.67. The molecule has 146 valence electrons. The van der Waals surface area contributed by atoms with Gasteiger partial charge in [-0.15, -0.1) is 11.3 Å². The van der Waals surface area contributed by atoms with Crippen LogP contribution in [0.4, 0.5) is 5.69 Å². The quantitative estimate of drug-likeness (QED) is 0.714. The molecule has 1 atom stereocenters. The Labute approximate surface area is 168 Å². The Hall–Kier alpha value is -2.67. The summed E-state index contributed by atoms with van der Waals surface area (Å²) in [5, 5.41) is 7.07. The predicted molar refractivity (Wildman–Crippen MR) is 112 cm³/mol. The number of nitrogens with one attached hydrogen (secondary N) is 1. The number of fused-ring (bicyclic) bond motifs is 1. The molecule has 0 saturated carbocycles. The first-order valence-corrected chi connectivity index (χ1v) is 10.4. The minimum Gasteiger partial charge on any atom is -0.497 e. The average molecular weight is 397 g/mol. The Morgan fingerprint density at radius 3 is 3.07 bits per heavy atom. The lowest BCUT2D eigenvalue weighted by atomic mass is 9.96. The van der Waals surface area contributed by atoms with Crippen molar-refractivity contribution >= 4 is 33.8 Å². The summed E-state index contributed by atoms with van der Waals surface area (Å²) < 4.78 is 5.38. The van der Waals surface area contributed by atoms with Gasteiger partial charge >= 0.3 is 0 Å². The highest BCUT2D eigenvalue weighted by molar-refractivity contribution is 7.09. The van der Waals surface area contributed by atoms with Gasteiger partial charge in [0.1, 0.15) is 10.8 Å². The van der Waals surface area contributed by atoms with Crippen LogP contribution in [-0.4, -0.2) is 36.1 Å². The van der Waals surface area contributed by atoms with Crippen molar-refractivity contribution in [3.8, 4) is 5.75 Å². The van der Waals surface area contributed by atoms with Crippen LogP contribution in [0.2, 0.25) is 0 Å². The fourth-order valence-electron chi connectivity index (χ4n) is 3.71. The Morgan fingerprint density at radius 1 is 1.39 bits per heavy atom. The van der Waals surface area contributed by atoms with Crippen molar-refractivity contribution in [2.45, 2.75) is 26.3 Å². The molecule has 3 heterocycles. The standard InChI is InChI=1S/C21H24N4O2S/c1-14-13-28-20(24-14)11-23-21(26)15-4-3-9-25(12-15)19-7-8-22-18-6-5-16(27-2)10-17(18)19/h5-8,10,13,15H,3-4,9,11-12H2,1-2H3,(H,23,26). The first kappa shape index (κ1) is 18.7. The van der Waals surface area contributed by atoms with E-state index in [0.717, 1.165) is 52.4 Å². The number of methoxy groups -OCH3 is 1. The molecule has 28 heavy (non-hydrogen) atoms. The van der Waals surface area contributed by atoms with Gasteiger partial charge in [0, 0.05) is 41.4 Å². The van der Waals surface area contributed by atoms with E-state index in [0.29, 0.717) is 13.1 Å². The number of carbonyl (C=O) groups excluding carboxylic acids is 1. The van der Waals surface area contributed by atoms with E-state index in [9.17, 15) is 4.79 Å². The lowest BCUT2D eigenvalue weighted by molar-refractivity contribution is -0.125. The van der Waals surface area contributed by atoms with E-state index < -0.39 is 0 Å². The van der Waals surface area contributed by atoms with Gasteiger partial charge < -0.3 is 15.0 Å². The van der Waals surface area contributed by atoms with Crippen molar-refractivity contribution in [3.05, 3.63) is 46.5 Å². The minimum absolute atomic E-state index is 0.0244. The number of thiazole rings is 1. The van der Waals surface area contributed by atoms with Gasteiger partial charge in [-0.1, -0.05) is 0 Å². The summed E-state index contributed by atoms with van der Waals surface area (Å²) >= 11 is 1.59. The number of nitrogens with zero attached hydrogens (tertiary/aromatic N) is 3. The van der Waals surface area contributed by atoms with Crippen molar-refractivity contribution in [1.29, 1.82) is 0 Å². The van der Waals surface area contributed by atoms with Gasteiger partial charge in [0.05, 0.1) is 25.1 Å². The number of piperidine rings is 1. The molecule has 1 amide bonds. The molecule has 0 aliphatic carbocycles. The van der Waals surface area contributed by atoms with Crippen LogP contribution in [0.3, 0.4) is 0 Å². The van der Waals surface area contributed by atoms with Gasteiger partial charge in [-0.2, -0.15) is 0 Å². The molecule has 0 bridgehead atoms. The van der Waals surface area contributed by atoms with Crippen molar-refractivity contribution in [3.63, 3.8) is 0 Å². The van der Waals surface area contributed by atoms with E-state index in [-0.39, 0.29) is 11.8 Å². The molecule has 1 unspecified atom stereocenters. The van der Waals surface area contributed by atoms with Crippen LogP contribution in [0, 0.1) is 12.8 Å². The van der Waals surface area contributed by atoms with E-state index in [2.05, 4.69) is 20.2 Å². The molecule has 1 N–H and O–H groups in total. The lowest BCUT2D eigenvalue weighted by Crippen LogP contribution is -2.43. The number of ether oxygens (including phenoxy) is 1. The first-order valence-electron chi connectivity index (χ1n) is 9.50. The number of pyridine rings is 1. The van der Waals surface area contributed by atoms with Gasteiger partial charge in [0.25, 0.3) is 0 Å². The number of aryl methyl sites for hydroxylation is 1. The molecule has 7 heteroatoms. The number of benzene rings is 1. The number of amides is 1. The summed E-state index contributed by atoms with van der Waals surface area (Å²) in [4.78, 5) is 23.9. The van der Waals surface area contributed by atoms with Crippen LogP contribution >= 0.6 is 11.3 Å². The molecule has 1 aliphatic rings. The second-order valence-electron chi connectivity index (χ2n) is 7.10. The summed E-state index contributed by atoms with van der Waals surface area (Å²) in [6, 6.07) is 7.94. The van der Waals surface area contributed by atoms with Gasteiger partial charge in [0.2, 0.25) is 5.91 Å². The molecular formula is C21H24N4O2S. The molecule has 3 aromatic rings. The molecule has 2 aromatic heterocycles. The van der Waals surface area contributed by atoms with E-state index in [1.807, 2.05) is 42.8 Å². The third-order valence-corrected chi connectivity index (χ3v) is 6.11. The molecular weight excluding hydrogens is 372 g/mol. The Balaban J connectivity index is 1.49. The maximum absolute atomic E-state index is 12.7. The number of hydrogen-bond acceptors (Lipinski definition) is 6. The third kappa shape index (κ3) is 3.94. The normalized spacial score (nSPS) is 16.9. The number of hydrogen-bond donors (Lipinski definition) is 1. The number of aromatic nitrogens is 2. The summed E-state index contributed by atoms with van der Waals surface area (Å²) in [5.74, 6) is 0.893. The average Bonchev–Trinajstić information content (AvgIpc) is 3.16. The fourth-order valence-corrected chi connectivity index (χ4v) is 4.43. The molecule has 1 aromatic carbocycles. The Morgan fingerprint density at radius 2 is 2.29 bits per heavy atom. The van der Waals surface area contributed by atoms with Crippen molar-refractivity contribution < 1.29 is 9.53 Å². The van der Waals surface area contributed by atoms with Crippen molar-refractivity contribution in [1.82, 2.24) is 15.3 Å². The Kier molecular flexibility index (Phi) is 5.43. The van der Waals surface area contributed by atoms with Crippen LogP contribution in [0.5, 0.6) is 5.75 Å². The molecule has 4 rings (SSSR count). The minimum atomic E-state index is -0.0244. The van der Waals surface area contributed by atoms with Crippen LogP contribution in [0.15, 0.2) is 35.8 Å². The third-order valence-electron chi connectivity index (χ3n) is 5.14. The van der Waals surface area contributed by atoms with Gasteiger partial charge in [0.15, 0.2) is 0 Å². The molecule has 1 saturated heterocycles. The molecule has 0 radical (unpaired) electrons. The van der Waals surface area contributed by atoms with E-state index in [1.165, 1.54) is 0 Å². The SMILES string of the molecule is COc1ccc2nccc(N3CCCC(C(=O)NCc4nc(C)cs4)C3)c2c1. The van der Waals surface area contributed by atoms with Crippen molar-refractivity contribution in [2.24, 2.45) is 5.92 Å². The van der Waals surface area contributed by atoms with E-state index in [1.54, 1.807) is 18.4 Å². The first-order chi connectivity index (χ1) is 13.6. The van der Waals surface area contributed by atoms with Crippen molar-refractivity contribution in [2.75, 3.05) is 25.1 Å². The Bertz CT molecular complexity index is 987. The monoisotopic (exact) mass is 396 g/mol. The number of rotatable bonds is 5. The zero-order valence-electron chi connectivity index (χ0n) is 16.1. The molecule has 1 aliphatic heterocycles. The second kappa shape index (κ2) is 8.14. The van der Waals surface area contributed by atoms with E-state index in [4.69, 9.17) is 4.74 Å². The summed E-state index contributed by atoms with van der Waals surface area (Å²) in [5.41, 5.74) is 3.04. The fraction of sp³-hybridized carbons (Fsp3) is 0.381. The van der Waals surface area contributed by atoms with Crippen LogP contribution in [0.1, 0.15) is 23.5 Å². The maximum atomic E-state index is 12.7. The number of carbonyl (C=O) groups is 1. The van der Waals surface area contributed by atoms with E-state index >= 15 is 0 Å². The van der Waals surface area contributed by atoms with Gasteiger partial charge in [-0.3, -0.25) is 9.78 Å². The smallest absolute Gasteiger partial charge is 0.225 e. The molecule has 1 fully saturated rings. The zero-order chi connectivity index (χ0) is 19.5. The molecule has 6 nitrogen and oxygen atoms in total. The van der Waals surface area contributed by atoms with Gasteiger partial charge in [-0.25, -0.2) is 4.98 Å². The summed E-state index contributed by atoms with van der Waals surface area (Å²) in [6.07, 6.45) is 3.73. The zero-order valence-corrected chi connectivity index (χ0v) is 17.0. The second-order valence-corrected chi connectivity index (χ2v) is 8.04. The highest BCUT2D eigenvalue weighted by Crippen LogP contribution is 2.31. The largest absolute Gasteiger partial charge is 0.497 e. The van der Waals surface area contributed by atoms with Crippen LogP contribution < -0.4 is 15.0 Å². The van der Waals surface area contributed by atoms with Crippen LogP contribution in [0.25, 0.3) is 10.9 Å². The highest BCUT2D eigenvalue weighted by Gasteiger charge is 2.27. The summed E-state index contributed by atoms with van der Waals surface area (Å²) in [6.45, 7) is 4.11. The maximum Gasteiger partial charge on any atom is 0.225 e.